The number of piperidine rings is 1. The Hall–Kier alpha value is -2.69. The fourth-order valence-corrected chi connectivity index (χ4v) is 4.78. The summed E-state index contributed by atoms with van der Waals surface area (Å²) in [4.78, 5) is 12.6. The minimum atomic E-state index is -3.64. The average Bonchev–Trinajstić information content (AvgIpc) is 2.69. The van der Waals surface area contributed by atoms with Crippen LogP contribution < -0.4 is 4.74 Å². The van der Waals surface area contributed by atoms with Crippen LogP contribution in [0.5, 0.6) is 5.75 Å². The Morgan fingerprint density at radius 1 is 1.07 bits per heavy atom. The van der Waals surface area contributed by atoms with Crippen LogP contribution in [0, 0.1) is 18.3 Å². The molecule has 1 heterocycles. The van der Waals surface area contributed by atoms with Gasteiger partial charge in [0, 0.05) is 13.1 Å². The van der Waals surface area contributed by atoms with Crippen molar-refractivity contribution < 1.29 is 17.9 Å². The second-order valence-electron chi connectivity index (χ2n) is 6.47. The molecule has 2 aromatic rings. The first kappa shape index (κ1) is 19.1. The number of hydrogen-bond acceptors (Lipinski definition) is 5. The quantitative estimate of drug-likeness (QED) is 0.596. The van der Waals surface area contributed by atoms with Crippen LogP contribution in [-0.2, 0) is 10.0 Å². The lowest BCUT2D eigenvalue weighted by molar-refractivity contribution is 0.0734. The molecule has 0 spiro atoms. The van der Waals surface area contributed by atoms with Crippen molar-refractivity contribution in [2.75, 3.05) is 13.1 Å². The summed E-state index contributed by atoms with van der Waals surface area (Å²) in [7, 11) is -3.64. The van der Waals surface area contributed by atoms with Crippen molar-refractivity contribution >= 4 is 16.0 Å². The van der Waals surface area contributed by atoms with E-state index < -0.39 is 16.0 Å². The lowest BCUT2D eigenvalue weighted by Crippen LogP contribution is -2.36. The largest absolute Gasteiger partial charge is 0.423 e. The van der Waals surface area contributed by atoms with E-state index in [1.165, 1.54) is 22.5 Å². The van der Waals surface area contributed by atoms with Crippen LogP contribution in [0.25, 0.3) is 0 Å². The number of nitrogens with zero attached hydrogens (tertiary/aromatic N) is 2. The SMILES string of the molecule is Cc1ccc(C(=O)Oc2ccc(C#N)cc2)cc1S(=O)(=O)N1CCCCC1. The molecule has 6 nitrogen and oxygen atoms in total. The molecule has 0 bridgehead atoms. The van der Waals surface area contributed by atoms with Crippen LogP contribution in [0.15, 0.2) is 47.4 Å². The first-order chi connectivity index (χ1) is 12.9. The highest BCUT2D eigenvalue weighted by atomic mass is 32.2. The molecule has 0 N–H and O–H groups in total. The molecule has 1 aliphatic heterocycles. The molecule has 1 fully saturated rings. The third-order valence-corrected chi connectivity index (χ3v) is 6.59. The van der Waals surface area contributed by atoms with E-state index in [2.05, 4.69) is 0 Å². The Balaban J connectivity index is 1.85. The number of carbonyl (C=O) groups excluding carboxylic acids is 1. The summed E-state index contributed by atoms with van der Waals surface area (Å²) < 4.78 is 32.7. The van der Waals surface area contributed by atoms with E-state index in [4.69, 9.17) is 10.00 Å². The first-order valence-electron chi connectivity index (χ1n) is 8.75. The van der Waals surface area contributed by atoms with Crippen molar-refractivity contribution in [2.45, 2.75) is 31.1 Å². The summed E-state index contributed by atoms with van der Waals surface area (Å²) in [5, 5.41) is 8.81. The maximum atomic E-state index is 13.0. The van der Waals surface area contributed by atoms with Crippen molar-refractivity contribution in [2.24, 2.45) is 0 Å². The Morgan fingerprint density at radius 2 is 1.74 bits per heavy atom. The number of esters is 1. The van der Waals surface area contributed by atoms with Gasteiger partial charge in [-0.25, -0.2) is 13.2 Å². The Morgan fingerprint density at radius 3 is 2.37 bits per heavy atom. The van der Waals surface area contributed by atoms with Gasteiger partial charge in [0.1, 0.15) is 5.75 Å². The lowest BCUT2D eigenvalue weighted by Gasteiger charge is -2.26. The summed E-state index contributed by atoms with van der Waals surface area (Å²) >= 11 is 0. The minimum Gasteiger partial charge on any atom is -0.423 e. The fourth-order valence-electron chi connectivity index (χ4n) is 3.01. The number of sulfonamides is 1. The number of benzene rings is 2. The zero-order valence-corrected chi connectivity index (χ0v) is 15.8. The monoisotopic (exact) mass is 384 g/mol. The molecule has 27 heavy (non-hydrogen) atoms. The predicted molar refractivity (Wildman–Crippen MR) is 99.9 cm³/mol. The van der Waals surface area contributed by atoms with Gasteiger partial charge in [0.05, 0.1) is 22.1 Å². The van der Waals surface area contributed by atoms with Crippen LogP contribution in [0.1, 0.15) is 40.7 Å². The second kappa shape index (κ2) is 7.91. The number of ether oxygens (including phenoxy) is 1. The highest BCUT2D eigenvalue weighted by Crippen LogP contribution is 2.25. The molecule has 0 radical (unpaired) electrons. The van der Waals surface area contributed by atoms with Gasteiger partial charge in [-0.15, -0.1) is 0 Å². The number of rotatable bonds is 4. The molecule has 1 aliphatic rings. The summed E-state index contributed by atoms with van der Waals surface area (Å²) in [6.07, 6.45) is 2.72. The topological polar surface area (TPSA) is 87.5 Å². The molecule has 0 atom stereocenters. The molecule has 0 aromatic heterocycles. The molecule has 7 heteroatoms. The van der Waals surface area contributed by atoms with Gasteiger partial charge >= 0.3 is 5.97 Å². The number of carbonyl (C=O) groups is 1. The number of nitriles is 1. The van der Waals surface area contributed by atoms with Gasteiger partial charge in [0.25, 0.3) is 0 Å². The number of hydrogen-bond donors (Lipinski definition) is 0. The molecule has 0 aliphatic carbocycles. The average molecular weight is 384 g/mol. The highest BCUT2D eigenvalue weighted by Gasteiger charge is 2.28. The summed E-state index contributed by atoms with van der Waals surface area (Å²) in [6, 6.07) is 12.7. The van der Waals surface area contributed by atoms with Gasteiger partial charge in [-0.3, -0.25) is 0 Å². The lowest BCUT2D eigenvalue weighted by atomic mass is 10.1. The molecule has 0 saturated carbocycles. The van der Waals surface area contributed by atoms with Crippen LogP contribution >= 0.6 is 0 Å². The molecule has 0 amide bonds. The predicted octanol–water partition coefficient (Wildman–Crippen LogP) is 3.26. The minimum absolute atomic E-state index is 0.138. The molecular formula is C20H20N2O4S. The van der Waals surface area contributed by atoms with E-state index in [1.54, 1.807) is 31.2 Å². The molecular weight excluding hydrogens is 364 g/mol. The van der Waals surface area contributed by atoms with E-state index in [1.807, 2.05) is 6.07 Å². The van der Waals surface area contributed by atoms with E-state index in [0.29, 0.717) is 30.0 Å². The van der Waals surface area contributed by atoms with Crippen LogP contribution in [-0.4, -0.2) is 31.8 Å². The Kier molecular flexibility index (Phi) is 5.59. The van der Waals surface area contributed by atoms with Gasteiger partial charge in [-0.05, 0) is 61.7 Å². The van der Waals surface area contributed by atoms with Gasteiger partial charge in [-0.2, -0.15) is 9.57 Å². The van der Waals surface area contributed by atoms with Gasteiger partial charge < -0.3 is 4.74 Å². The second-order valence-corrected chi connectivity index (χ2v) is 8.38. The van der Waals surface area contributed by atoms with E-state index in [-0.39, 0.29) is 10.5 Å². The van der Waals surface area contributed by atoms with Crippen LogP contribution in [0.3, 0.4) is 0 Å². The molecule has 0 unspecified atom stereocenters. The smallest absolute Gasteiger partial charge is 0.343 e. The van der Waals surface area contributed by atoms with Crippen molar-refractivity contribution in [3.05, 3.63) is 59.2 Å². The molecule has 1 saturated heterocycles. The Labute approximate surface area is 159 Å². The van der Waals surface area contributed by atoms with E-state index in [9.17, 15) is 13.2 Å². The molecule has 2 aromatic carbocycles. The summed E-state index contributed by atoms with van der Waals surface area (Å²) in [5.74, 6) is -0.352. The zero-order valence-electron chi connectivity index (χ0n) is 15.0. The zero-order chi connectivity index (χ0) is 19.4. The van der Waals surface area contributed by atoms with Gasteiger partial charge in [0.15, 0.2) is 0 Å². The van der Waals surface area contributed by atoms with Crippen LogP contribution in [0.4, 0.5) is 0 Å². The maximum Gasteiger partial charge on any atom is 0.343 e. The highest BCUT2D eigenvalue weighted by molar-refractivity contribution is 7.89. The van der Waals surface area contributed by atoms with Gasteiger partial charge in [-0.1, -0.05) is 12.5 Å². The molecule has 140 valence electrons. The fraction of sp³-hybridized carbons (Fsp3) is 0.300. The third-order valence-electron chi connectivity index (χ3n) is 4.55. The number of aryl methyl sites for hydroxylation is 1. The first-order valence-corrected chi connectivity index (χ1v) is 10.2. The van der Waals surface area contributed by atoms with E-state index >= 15 is 0 Å². The van der Waals surface area contributed by atoms with Crippen molar-refractivity contribution in [1.82, 2.24) is 4.31 Å². The normalized spacial score (nSPS) is 15.1. The third kappa shape index (κ3) is 4.18. The van der Waals surface area contributed by atoms with Crippen molar-refractivity contribution in [1.29, 1.82) is 5.26 Å². The van der Waals surface area contributed by atoms with Gasteiger partial charge in [0.2, 0.25) is 10.0 Å². The summed E-state index contributed by atoms with van der Waals surface area (Å²) in [5.41, 5.74) is 1.22. The van der Waals surface area contributed by atoms with Crippen molar-refractivity contribution in [3.8, 4) is 11.8 Å². The van der Waals surface area contributed by atoms with E-state index in [0.717, 1.165) is 19.3 Å². The molecule has 3 rings (SSSR count). The summed E-state index contributed by atoms with van der Waals surface area (Å²) in [6.45, 7) is 2.72. The maximum absolute atomic E-state index is 13.0. The standard InChI is InChI=1S/C20H20N2O4S/c1-15-5-8-17(20(23)26-18-9-6-16(14-21)7-10-18)13-19(15)27(24,25)22-11-3-2-4-12-22/h5-10,13H,2-4,11-12H2,1H3. The van der Waals surface area contributed by atoms with Crippen LogP contribution in [0.2, 0.25) is 0 Å². The Bertz CT molecular complexity index is 986. The van der Waals surface area contributed by atoms with Crippen molar-refractivity contribution in [3.63, 3.8) is 0 Å².